The summed E-state index contributed by atoms with van der Waals surface area (Å²) >= 11 is 0. The fraction of sp³-hybridized carbons (Fsp3) is 0.875. The van der Waals surface area contributed by atoms with Crippen molar-refractivity contribution in [3.05, 3.63) is 0 Å². The molecule has 0 spiro atoms. The van der Waals surface area contributed by atoms with E-state index < -0.39 is 5.97 Å². The Bertz CT molecular complexity index is 81.4. The second-order valence-electron chi connectivity index (χ2n) is 1.92. The van der Waals surface area contributed by atoms with Gasteiger partial charge in [0.05, 0.1) is 0 Å². The molecule has 0 aromatic heterocycles. The lowest BCUT2D eigenvalue weighted by Crippen LogP contribution is -1.99. The summed E-state index contributed by atoms with van der Waals surface area (Å²) in [5.41, 5.74) is 0. The summed E-state index contributed by atoms with van der Waals surface area (Å²) in [6.45, 7) is 6.05. The quantitative estimate of drug-likeness (QED) is 0.392. The van der Waals surface area contributed by atoms with Crippen LogP contribution in [-0.2, 0) is 9.68 Å². The molecule has 11 heavy (non-hydrogen) atoms. The van der Waals surface area contributed by atoms with Crippen LogP contribution < -0.4 is 0 Å². The molecular weight excluding hydrogens is 144 g/mol. The van der Waals surface area contributed by atoms with Crippen LogP contribution in [0, 0.1) is 0 Å². The van der Waals surface area contributed by atoms with E-state index in [0.717, 1.165) is 19.3 Å². The summed E-state index contributed by atoms with van der Waals surface area (Å²) in [7, 11) is 0. The molecule has 0 saturated heterocycles. The number of carbonyl (C=O) groups excluding carboxylic acids is 1. The summed E-state index contributed by atoms with van der Waals surface area (Å²) in [4.78, 5) is 13.7. The van der Waals surface area contributed by atoms with Gasteiger partial charge in [-0.05, 0) is 6.42 Å². The number of unbranched alkanes of at least 4 members (excludes halogenated alkanes) is 2. The lowest BCUT2D eigenvalue weighted by molar-refractivity contribution is -0.234. The lowest BCUT2D eigenvalue weighted by Gasteiger charge is -1.93. The predicted octanol–water partition coefficient (Wildman–Crippen LogP) is 2.61. The molecule has 3 nitrogen and oxygen atoms in total. The third-order valence-electron chi connectivity index (χ3n) is 1.09. The maximum absolute atomic E-state index is 10.2. The van der Waals surface area contributed by atoms with Crippen molar-refractivity contribution in [2.45, 2.75) is 46.5 Å². The van der Waals surface area contributed by atoms with E-state index in [1.165, 1.54) is 0 Å². The van der Waals surface area contributed by atoms with Crippen molar-refractivity contribution in [3.8, 4) is 0 Å². The number of carbonyl (C=O) groups is 1. The molecule has 0 heterocycles. The van der Waals surface area contributed by atoms with Gasteiger partial charge in [-0.2, -0.15) is 5.26 Å². The van der Waals surface area contributed by atoms with E-state index in [-0.39, 0.29) is 0 Å². The van der Waals surface area contributed by atoms with Crippen LogP contribution in [0.2, 0.25) is 0 Å². The summed E-state index contributed by atoms with van der Waals surface area (Å²) in [5.74, 6) is -0.538. The highest BCUT2D eigenvalue weighted by Gasteiger charge is 1.98. The van der Waals surface area contributed by atoms with Crippen molar-refractivity contribution in [1.82, 2.24) is 0 Å². The number of hydrogen-bond acceptors (Lipinski definition) is 3. The molecule has 0 saturated carbocycles. The summed E-state index contributed by atoms with van der Waals surface area (Å²) < 4.78 is 0. The first-order chi connectivity index (χ1) is 5.31. The number of rotatable bonds is 4. The summed E-state index contributed by atoms with van der Waals surface area (Å²) in [5, 5.41) is 7.78. The first-order valence-corrected chi connectivity index (χ1v) is 4.15. The Morgan fingerprint density at radius 1 is 1.36 bits per heavy atom. The zero-order valence-electron chi connectivity index (χ0n) is 7.59. The second kappa shape index (κ2) is 12.1. The Labute approximate surface area is 68.3 Å². The molecule has 1 N–H and O–H groups in total. The minimum atomic E-state index is -0.538. The minimum Gasteiger partial charge on any atom is -0.301 e. The van der Waals surface area contributed by atoms with Gasteiger partial charge >= 0.3 is 5.97 Å². The van der Waals surface area contributed by atoms with E-state index in [0.29, 0.717) is 6.42 Å². The highest BCUT2D eigenvalue weighted by Crippen LogP contribution is 1.98. The SMILES string of the molecule is CC.CCCCCC(=O)OO. The smallest absolute Gasteiger partial charge is 0.301 e. The van der Waals surface area contributed by atoms with E-state index >= 15 is 0 Å². The van der Waals surface area contributed by atoms with Gasteiger partial charge in [0.2, 0.25) is 0 Å². The Morgan fingerprint density at radius 3 is 2.27 bits per heavy atom. The highest BCUT2D eigenvalue weighted by atomic mass is 17.1. The summed E-state index contributed by atoms with van der Waals surface area (Å²) in [6, 6.07) is 0. The van der Waals surface area contributed by atoms with Gasteiger partial charge < -0.3 is 4.89 Å². The van der Waals surface area contributed by atoms with Crippen molar-refractivity contribution >= 4 is 5.97 Å². The number of hydrogen-bond donors (Lipinski definition) is 1. The lowest BCUT2D eigenvalue weighted by atomic mass is 10.2. The van der Waals surface area contributed by atoms with Crippen LogP contribution in [0.15, 0.2) is 0 Å². The molecule has 0 radical (unpaired) electrons. The molecule has 0 bridgehead atoms. The van der Waals surface area contributed by atoms with Gasteiger partial charge in [0.25, 0.3) is 0 Å². The third kappa shape index (κ3) is 12.6. The van der Waals surface area contributed by atoms with E-state index in [4.69, 9.17) is 5.26 Å². The second-order valence-corrected chi connectivity index (χ2v) is 1.92. The molecule has 0 aliphatic heterocycles. The van der Waals surface area contributed by atoms with Crippen LogP contribution in [0.3, 0.4) is 0 Å². The molecule has 0 aliphatic carbocycles. The molecule has 3 heteroatoms. The molecule has 0 amide bonds. The van der Waals surface area contributed by atoms with Gasteiger partial charge in [-0.3, -0.25) is 0 Å². The maximum atomic E-state index is 10.2. The van der Waals surface area contributed by atoms with E-state index in [1.54, 1.807) is 0 Å². The topological polar surface area (TPSA) is 46.5 Å². The van der Waals surface area contributed by atoms with Crippen LogP contribution in [0.25, 0.3) is 0 Å². The maximum Gasteiger partial charge on any atom is 0.342 e. The van der Waals surface area contributed by atoms with Crippen molar-refractivity contribution in [2.75, 3.05) is 0 Å². The molecule has 0 fully saturated rings. The minimum absolute atomic E-state index is 0.324. The van der Waals surface area contributed by atoms with E-state index in [9.17, 15) is 4.79 Å². The van der Waals surface area contributed by atoms with Gasteiger partial charge in [-0.1, -0.05) is 33.6 Å². The fourth-order valence-corrected chi connectivity index (χ4v) is 0.565. The van der Waals surface area contributed by atoms with E-state index in [1.807, 2.05) is 20.8 Å². The van der Waals surface area contributed by atoms with Crippen LogP contribution in [0.5, 0.6) is 0 Å². The summed E-state index contributed by atoms with van der Waals surface area (Å²) in [6.07, 6.45) is 3.20. The Kier molecular flexibility index (Phi) is 14.4. The first kappa shape index (κ1) is 13.1. The molecule has 68 valence electrons. The standard InChI is InChI=1S/C6H12O3.C2H6/c1-2-3-4-5-6(7)9-8;1-2/h8H,2-5H2,1H3;1-2H3. The Morgan fingerprint density at radius 2 is 1.91 bits per heavy atom. The molecule has 0 aliphatic rings. The van der Waals surface area contributed by atoms with Crippen molar-refractivity contribution in [1.29, 1.82) is 0 Å². The molecule has 0 atom stereocenters. The molecule has 0 aromatic rings. The van der Waals surface area contributed by atoms with Gasteiger partial charge in [0, 0.05) is 6.42 Å². The van der Waals surface area contributed by atoms with Crippen LogP contribution in [0.1, 0.15) is 46.5 Å². The molecule has 0 aromatic carbocycles. The van der Waals surface area contributed by atoms with Crippen LogP contribution in [-0.4, -0.2) is 11.2 Å². The first-order valence-electron chi connectivity index (χ1n) is 4.15. The van der Waals surface area contributed by atoms with Gasteiger partial charge in [0.15, 0.2) is 0 Å². The fourth-order valence-electron chi connectivity index (χ4n) is 0.565. The normalized spacial score (nSPS) is 8.00. The third-order valence-corrected chi connectivity index (χ3v) is 1.09. The molecule has 0 unspecified atom stereocenters. The Hall–Kier alpha value is -0.570. The van der Waals surface area contributed by atoms with Crippen molar-refractivity contribution < 1.29 is 14.9 Å². The molecule has 0 rings (SSSR count). The zero-order chi connectivity index (χ0) is 9.11. The Balaban J connectivity index is 0. The van der Waals surface area contributed by atoms with Crippen LogP contribution >= 0.6 is 0 Å². The zero-order valence-corrected chi connectivity index (χ0v) is 7.59. The van der Waals surface area contributed by atoms with Crippen molar-refractivity contribution in [3.63, 3.8) is 0 Å². The average molecular weight is 162 g/mol. The monoisotopic (exact) mass is 162 g/mol. The predicted molar refractivity (Wildman–Crippen MR) is 44.2 cm³/mol. The van der Waals surface area contributed by atoms with Gasteiger partial charge in [0.1, 0.15) is 0 Å². The highest BCUT2D eigenvalue weighted by molar-refractivity contribution is 5.68. The van der Waals surface area contributed by atoms with Gasteiger partial charge in [-0.25, -0.2) is 4.79 Å². The molecular formula is C8H18O3. The van der Waals surface area contributed by atoms with Gasteiger partial charge in [-0.15, -0.1) is 0 Å². The van der Waals surface area contributed by atoms with E-state index in [2.05, 4.69) is 4.89 Å². The van der Waals surface area contributed by atoms with Crippen molar-refractivity contribution in [2.24, 2.45) is 0 Å². The largest absolute Gasteiger partial charge is 0.342 e. The average Bonchev–Trinajstić information content (AvgIpc) is 2.08. The van der Waals surface area contributed by atoms with Crippen LogP contribution in [0.4, 0.5) is 0 Å².